The Morgan fingerprint density at radius 2 is 1.35 bits per heavy atom. The smallest absolute Gasteiger partial charge is 0.224 e. The highest BCUT2D eigenvalue weighted by Crippen LogP contribution is 2.24. The first-order valence-corrected chi connectivity index (χ1v) is 10.8. The van der Waals surface area contributed by atoms with Gasteiger partial charge in [0.2, 0.25) is 8.32 Å². The lowest BCUT2D eigenvalue weighted by Crippen LogP contribution is -2.50. The lowest BCUT2D eigenvalue weighted by molar-refractivity contribution is 0.296. The molecule has 0 spiro atoms. The van der Waals surface area contributed by atoms with Crippen LogP contribution >= 0.6 is 0 Å². The molecule has 2 heteroatoms. The van der Waals surface area contributed by atoms with Crippen LogP contribution in [0.15, 0.2) is 30.3 Å². The van der Waals surface area contributed by atoms with E-state index in [2.05, 4.69) is 51.1 Å². The van der Waals surface area contributed by atoms with Gasteiger partial charge in [0, 0.05) is 6.61 Å². The maximum absolute atomic E-state index is 6.60. The molecule has 1 aromatic carbocycles. The van der Waals surface area contributed by atoms with E-state index in [9.17, 15) is 0 Å². The summed E-state index contributed by atoms with van der Waals surface area (Å²) in [5.41, 5.74) is 0. The SMILES string of the molecule is CCCCO[Si](CCCC)(CCCC)c1ccccc1. The average Bonchev–Trinajstić information content (AvgIpc) is 2.51. The van der Waals surface area contributed by atoms with Gasteiger partial charge in [0.15, 0.2) is 0 Å². The first-order chi connectivity index (χ1) is 9.79. The largest absolute Gasteiger partial charge is 0.412 e. The molecule has 0 atom stereocenters. The van der Waals surface area contributed by atoms with Crippen molar-refractivity contribution in [1.29, 1.82) is 0 Å². The highest BCUT2D eigenvalue weighted by molar-refractivity contribution is 6.86. The molecule has 0 unspecified atom stereocenters. The molecule has 1 nitrogen and oxygen atoms in total. The molecular formula is C18H32OSi. The summed E-state index contributed by atoms with van der Waals surface area (Å²) in [7, 11) is -1.75. The third kappa shape index (κ3) is 5.41. The van der Waals surface area contributed by atoms with Gasteiger partial charge >= 0.3 is 0 Å². The van der Waals surface area contributed by atoms with Crippen LogP contribution in [0.2, 0.25) is 12.1 Å². The minimum absolute atomic E-state index is 0.949. The predicted octanol–water partition coefficient (Wildman–Crippen LogP) is 5.26. The zero-order chi connectivity index (χ0) is 14.7. The van der Waals surface area contributed by atoms with Gasteiger partial charge < -0.3 is 4.43 Å². The van der Waals surface area contributed by atoms with E-state index in [-0.39, 0.29) is 0 Å². The van der Waals surface area contributed by atoms with Gasteiger partial charge in [0.1, 0.15) is 0 Å². The van der Waals surface area contributed by atoms with Crippen LogP contribution < -0.4 is 5.19 Å². The van der Waals surface area contributed by atoms with Crippen LogP contribution in [0.3, 0.4) is 0 Å². The fraction of sp³-hybridized carbons (Fsp3) is 0.667. The van der Waals surface area contributed by atoms with Crippen molar-refractivity contribution in [2.24, 2.45) is 0 Å². The number of unbranched alkanes of at least 4 members (excludes halogenated alkanes) is 3. The Kier molecular flexibility index (Phi) is 8.87. The highest BCUT2D eigenvalue weighted by atomic mass is 28.4. The van der Waals surface area contributed by atoms with Crippen molar-refractivity contribution < 1.29 is 4.43 Å². The van der Waals surface area contributed by atoms with Crippen molar-refractivity contribution in [2.45, 2.75) is 71.4 Å². The number of hydrogen-bond acceptors (Lipinski definition) is 1. The maximum atomic E-state index is 6.60. The molecule has 0 amide bonds. The minimum Gasteiger partial charge on any atom is -0.412 e. The van der Waals surface area contributed by atoms with Gasteiger partial charge in [-0.3, -0.25) is 0 Å². The second-order valence-electron chi connectivity index (χ2n) is 5.77. The van der Waals surface area contributed by atoms with Crippen molar-refractivity contribution in [3.63, 3.8) is 0 Å². The molecule has 0 aliphatic carbocycles. The molecule has 20 heavy (non-hydrogen) atoms. The summed E-state index contributed by atoms with van der Waals surface area (Å²) in [6, 6.07) is 13.7. The summed E-state index contributed by atoms with van der Waals surface area (Å²) < 4.78 is 6.60. The van der Waals surface area contributed by atoms with Crippen molar-refractivity contribution in [3.8, 4) is 0 Å². The van der Waals surface area contributed by atoms with E-state index in [0.29, 0.717) is 0 Å². The van der Waals surface area contributed by atoms with E-state index in [0.717, 1.165) is 6.61 Å². The molecule has 114 valence electrons. The zero-order valence-electron chi connectivity index (χ0n) is 13.7. The molecule has 0 saturated carbocycles. The third-order valence-corrected chi connectivity index (χ3v) is 8.51. The first kappa shape index (κ1) is 17.4. The maximum Gasteiger partial charge on any atom is 0.224 e. The minimum atomic E-state index is -1.75. The monoisotopic (exact) mass is 292 g/mol. The topological polar surface area (TPSA) is 9.23 Å². The van der Waals surface area contributed by atoms with Crippen LogP contribution in [0.1, 0.15) is 59.3 Å². The van der Waals surface area contributed by atoms with Gasteiger partial charge in [-0.2, -0.15) is 0 Å². The second kappa shape index (κ2) is 10.2. The fourth-order valence-corrected chi connectivity index (χ4v) is 7.19. The number of rotatable bonds is 11. The summed E-state index contributed by atoms with van der Waals surface area (Å²) in [6.45, 7) is 7.77. The van der Waals surface area contributed by atoms with Crippen molar-refractivity contribution in [1.82, 2.24) is 0 Å². The third-order valence-electron chi connectivity index (χ3n) is 4.04. The summed E-state index contributed by atoms with van der Waals surface area (Å²) in [5.74, 6) is 0. The van der Waals surface area contributed by atoms with Crippen LogP contribution in [-0.4, -0.2) is 14.9 Å². The second-order valence-corrected chi connectivity index (χ2v) is 9.62. The number of hydrogen-bond donors (Lipinski definition) is 0. The van der Waals surface area contributed by atoms with Gasteiger partial charge in [0.05, 0.1) is 0 Å². The van der Waals surface area contributed by atoms with E-state index in [1.54, 1.807) is 0 Å². The molecule has 0 fully saturated rings. The van der Waals surface area contributed by atoms with Gasteiger partial charge in [-0.05, 0) is 23.7 Å². The van der Waals surface area contributed by atoms with Crippen LogP contribution in [0, 0.1) is 0 Å². The van der Waals surface area contributed by atoms with Crippen molar-refractivity contribution in [2.75, 3.05) is 6.61 Å². The first-order valence-electron chi connectivity index (χ1n) is 8.48. The molecule has 0 N–H and O–H groups in total. The van der Waals surface area contributed by atoms with E-state index < -0.39 is 8.32 Å². The van der Waals surface area contributed by atoms with E-state index >= 15 is 0 Å². The van der Waals surface area contributed by atoms with E-state index in [1.807, 2.05) is 0 Å². The van der Waals surface area contributed by atoms with E-state index in [1.165, 1.54) is 55.8 Å². The Balaban J connectivity index is 2.90. The highest BCUT2D eigenvalue weighted by Gasteiger charge is 2.35. The average molecular weight is 293 g/mol. The zero-order valence-corrected chi connectivity index (χ0v) is 14.7. The van der Waals surface area contributed by atoms with Crippen LogP contribution in [-0.2, 0) is 4.43 Å². The molecule has 0 aliphatic rings. The van der Waals surface area contributed by atoms with Gasteiger partial charge in [-0.25, -0.2) is 0 Å². The van der Waals surface area contributed by atoms with Crippen molar-refractivity contribution >= 4 is 13.5 Å². The Hall–Kier alpha value is -0.603. The normalized spacial score (nSPS) is 11.8. The lowest BCUT2D eigenvalue weighted by Gasteiger charge is -2.32. The molecule has 0 radical (unpaired) electrons. The van der Waals surface area contributed by atoms with Gasteiger partial charge in [0.25, 0.3) is 0 Å². The van der Waals surface area contributed by atoms with Gasteiger partial charge in [-0.1, -0.05) is 83.2 Å². The number of benzene rings is 1. The lowest BCUT2D eigenvalue weighted by atomic mass is 10.4. The fourth-order valence-electron chi connectivity index (χ4n) is 2.72. The molecule has 0 saturated heterocycles. The van der Waals surface area contributed by atoms with Crippen LogP contribution in [0.25, 0.3) is 0 Å². The summed E-state index contributed by atoms with van der Waals surface area (Å²) >= 11 is 0. The molecule has 0 heterocycles. The molecule has 0 aromatic heterocycles. The molecular weight excluding hydrogens is 260 g/mol. The predicted molar refractivity (Wildman–Crippen MR) is 92.1 cm³/mol. The van der Waals surface area contributed by atoms with Crippen LogP contribution in [0.5, 0.6) is 0 Å². The standard InChI is InChI=1S/C18H32OSi/c1-4-7-15-19-20(16-8-5-2,17-9-6-3)18-13-11-10-12-14-18/h10-14H,4-9,15-17H2,1-3H3. The van der Waals surface area contributed by atoms with E-state index in [4.69, 9.17) is 4.43 Å². The molecule has 0 bridgehead atoms. The quantitative estimate of drug-likeness (QED) is 0.399. The van der Waals surface area contributed by atoms with Crippen molar-refractivity contribution in [3.05, 3.63) is 30.3 Å². The van der Waals surface area contributed by atoms with Gasteiger partial charge in [-0.15, -0.1) is 0 Å². The summed E-state index contributed by atoms with van der Waals surface area (Å²) in [6.07, 6.45) is 7.56. The summed E-state index contributed by atoms with van der Waals surface area (Å²) in [4.78, 5) is 0. The Labute approximate surface area is 126 Å². The Bertz CT molecular complexity index is 329. The molecule has 0 aliphatic heterocycles. The van der Waals surface area contributed by atoms with Crippen LogP contribution in [0.4, 0.5) is 0 Å². The summed E-state index contributed by atoms with van der Waals surface area (Å²) in [5, 5.41) is 1.51. The molecule has 1 rings (SSSR count). The Morgan fingerprint density at radius 3 is 1.85 bits per heavy atom. The molecule has 1 aromatic rings. The Morgan fingerprint density at radius 1 is 0.800 bits per heavy atom.